The molecule has 2 aromatic carbocycles. The number of sulfone groups is 1. The molecule has 0 spiro atoms. The molecule has 1 aromatic heterocycles. The van der Waals surface area contributed by atoms with Gasteiger partial charge >= 0.3 is 0 Å². The highest BCUT2D eigenvalue weighted by Gasteiger charge is 2.30. The molecule has 0 fully saturated rings. The SMILES string of the molecule is O=C(NC[C@@H](c1cccs1)S(=O)(=O)c1ccc(F)cc1)c1cccc(F)c1. The first-order chi connectivity index (χ1) is 12.9. The maximum atomic E-state index is 13.3. The second-order valence-electron chi connectivity index (χ2n) is 5.72. The zero-order valence-corrected chi connectivity index (χ0v) is 15.6. The van der Waals surface area contributed by atoms with E-state index in [0.717, 1.165) is 18.2 Å². The highest BCUT2D eigenvalue weighted by Crippen LogP contribution is 2.31. The zero-order chi connectivity index (χ0) is 19.4. The summed E-state index contributed by atoms with van der Waals surface area (Å²) >= 11 is 1.24. The molecule has 0 saturated carbocycles. The van der Waals surface area contributed by atoms with E-state index >= 15 is 0 Å². The lowest BCUT2D eigenvalue weighted by Crippen LogP contribution is -2.31. The predicted molar refractivity (Wildman–Crippen MR) is 99.4 cm³/mol. The van der Waals surface area contributed by atoms with E-state index in [0.29, 0.717) is 4.88 Å². The minimum absolute atomic E-state index is 0.0395. The summed E-state index contributed by atoms with van der Waals surface area (Å²) in [7, 11) is -3.87. The molecule has 3 rings (SSSR count). The van der Waals surface area contributed by atoms with Crippen LogP contribution in [0.2, 0.25) is 0 Å². The van der Waals surface area contributed by atoms with Crippen molar-refractivity contribution in [2.45, 2.75) is 10.1 Å². The Labute approximate surface area is 159 Å². The lowest BCUT2D eigenvalue weighted by Gasteiger charge is -2.17. The summed E-state index contributed by atoms with van der Waals surface area (Å²) in [4.78, 5) is 12.8. The van der Waals surface area contributed by atoms with E-state index in [-0.39, 0.29) is 17.0 Å². The van der Waals surface area contributed by atoms with E-state index in [2.05, 4.69) is 5.32 Å². The first-order valence-corrected chi connectivity index (χ1v) is 10.4. The van der Waals surface area contributed by atoms with E-state index in [4.69, 9.17) is 0 Å². The van der Waals surface area contributed by atoms with Gasteiger partial charge in [-0.25, -0.2) is 17.2 Å². The molecule has 4 nitrogen and oxygen atoms in total. The van der Waals surface area contributed by atoms with Gasteiger partial charge in [0.05, 0.1) is 4.90 Å². The van der Waals surface area contributed by atoms with Crippen LogP contribution in [0.15, 0.2) is 70.9 Å². The maximum absolute atomic E-state index is 13.3. The Hall–Kier alpha value is -2.58. The Morgan fingerprint density at radius 1 is 1.00 bits per heavy atom. The molecule has 0 aliphatic heterocycles. The lowest BCUT2D eigenvalue weighted by molar-refractivity contribution is 0.0953. The predicted octanol–water partition coefficient (Wildman–Crippen LogP) is 3.97. The summed E-state index contributed by atoms with van der Waals surface area (Å²) in [6.07, 6.45) is 0. The fraction of sp³-hybridized carbons (Fsp3) is 0.105. The van der Waals surface area contributed by atoms with Gasteiger partial charge in [-0.05, 0) is 53.9 Å². The van der Waals surface area contributed by atoms with Crippen molar-refractivity contribution in [3.8, 4) is 0 Å². The van der Waals surface area contributed by atoms with Crippen LogP contribution in [-0.4, -0.2) is 20.9 Å². The molecule has 140 valence electrons. The van der Waals surface area contributed by atoms with E-state index in [1.807, 2.05) is 0 Å². The second kappa shape index (κ2) is 7.98. The second-order valence-corrected chi connectivity index (χ2v) is 8.83. The van der Waals surface area contributed by atoms with Gasteiger partial charge in [0.25, 0.3) is 5.91 Å². The van der Waals surface area contributed by atoms with Crippen LogP contribution in [0.4, 0.5) is 8.78 Å². The van der Waals surface area contributed by atoms with Gasteiger partial charge in [-0.2, -0.15) is 0 Å². The van der Waals surface area contributed by atoms with Crippen LogP contribution >= 0.6 is 11.3 Å². The van der Waals surface area contributed by atoms with Crippen LogP contribution in [-0.2, 0) is 9.84 Å². The van der Waals surface area contributed by atoms with Gasteiger partial charge in [0.1, 0.15) is 16.9 Å². The van der Waals surface area contributed by atoms with Crippen molar-refractivity contribution in [3.05, 3.63) is 88.1 Å². The van der Waals surface area contributed by atoms with E-state index in [1.54, 1.807) is 17.5 Å². The van der Waals surface area contributed by atoms with Crippen LogP contribution in [0.3, 0.4) is 0 Å². The van der Waals surface area contributed by atoms with Crippen LogP contribution in [0, 0.1) is 11.6 Å². The van der Waals surface area contributed by atoms with Gasteiger partial charge in [-0.15, -0.1) is 11.3 Å². The van der Waals surface area contributed by atoms with Crippen LogP contribution in [0.25, 0.3) is 0 Å². The molecule has 1 N–H and O–H groups in total. The van der Waals surface area contributed by atoms with Crippen LogP contribution < -0.4 is 5.32 Å². The monoisotopic (exact) mass is 407 g/mol. The molecular formula is C19H15F2NO3S2. The van der Waals surface area contributed by atoms with Crippen molar-refractivity contribution < 1.29 is 22.0 Å². The molecule has 0 aliphatic rings. The number of hydrogen-bond acceptors (Lipinski definition) is 4. The summed E-state index contributed by atoms with van der Waals surface area (Å²) in [5.74, 6) is -1.68. The summed E-state index contributed by atoms with van der Waals surface area (Å²) in [6.45, 7) is -0.199. The molecule has 0 saturated heterocycles. The molecule has 0 bridgehead atoms. The quantitative estimate of drug-likeness (QED) is 0.629. The van der Waals surface area contributed by atoms with Gasteiger partial charge in [-0.1, -0.05) is 12.1 Å². The Balaban J connectivity index is 1.86. The summed E-state index contributed by atoms with van der Waals surface area (Å²) in [5.41, 5.74) is 0.0964. The fourth-order valence-electron chi connectivity index (χ4n) is 2.54. The molecule has 0 aliphatic carbocycles. The zero-order valence-electron chi connectivity index (χ0n) is 13.9. The van der Waals surface area contributed by atoms with Crippen molar-refractivity contribution in [3.63, 3.8) is 0 Å². The topological polar surface area (TPSA) is 63.2 Å². The van der Waals surface area contributed by atoms with E-state index in [9.17, 15) is 22.0 Å². The number of halogens is 2. The van der Waals surface area contributed by atoms with E-state index < -0.39 is 32.6 Å². The molecule has 1 amide bonds. The number of hydrogen-bond donors (Lipinski definition) is 1. The standard InChI is InChI=1S/C19H15F2NO3S2/c20-14-6-8-16(9-7-14)27(24,25)18(17-5-2-10-26-17)12-22-19(23)13-3-1-4-15(21)11-13/h1-11,18H,12H2,(H,22,23)/t18-/m0/s1. The lowest BCUT2D eigenvalue weighted by atomic mass is 10.2. The number of benzene rings is 2. The van der Waals surface area contributed by atoms with Gasteiger partial charge < -0.3 is 5.32 Å². The highest BCUT2D eigenvalue weighted by atomic mass is 32.2. The summed E-state index contributed by atoms with van der Waals surface area (Å²) in [5, 5.41) is 3.24. The Kier molecular flexibility index (Phi) is 5.67. The van der Waals surface area contributed by atoms with Crippen molar-refractivity contribution in [2.75, 3.05) is 6.54 Å². The number of carbonyl (C=O) groups is 1. The molecule has 0 unspecified atom stereocenters. The Bertz CT molecular complexity index is 1030. The minimum atomic E-state index is -3.87. The smallest absolute Gasteiger partial charge is 0.251 e. The van der Waals surface area contributed by atoms with Crippen molar-refractivity contribution in [1.82, 2.24) is 5.32 Å². The first kappa shape index (κ1) is 19.2. The Morgan fingerprint density at radius 3 is 2.37 bits per heavy atom. The normalized spacial score (nSPS) is 12.5. The molecule has 1 heterocycles. The van der Waals surface area contributed by atoms with E-state index in [1.165, 1.54) is 41.7 Å². The Morgan fingerprint density at radius 2 is 1.74 bits per heavy atom. The average molecular weight is 407 g/mol. The van der Waals surface area contributed by atoms with Gasteiger partial charge in [0.15, 0.2) is 9.84 Å². The number of thiophene rings is 1. The third-order valence-electron chi connectivity index (χ3n) is 3.91. The third-order valence-corrected chi connectivity index (χ3v) is 7.15. The average Bonchev–Trinajstić information content (AvgIpc) is 3.16. The third kappa shape index (κ3) is 4.40. The van der Waals surface area contributed by atoms with Gasteiger partial charge in [0, 0.05) is 17.0 Å². The minimum Gasteiger partial charge on any atom is -0.350 e. The molecule has 8 heteroatoms. The number of amides is 1. The summed E-state index contributed by atoms with van der Waals surface area (Å²) in [6, 6.07) is 13.0. The van der Waals surface area contributed by atoms with Crippen molar-refractivity contribution >= 4 is 27.1 Å². The van der Waals surface area contributed by atoms with Gasteiger partial charge in [-0.3, -0.25) is 4.79 Å². The molecular weight excluding hydrogens is 392 g/mol. The van der Waals surface area contributed by atoms with Gasteiger partial charge in [0.2, 0.25) is 0 Å². The van der Waals surface area contributed by atoms with Crippen LogP contribution in [0.5, 0.6) is 0 Å². The molecule has 0 radical (unpaired) electrons. The van der Waals surface area contributed by atoms with Crippen molar-refractivity contribution in [1.29, 1.82) is 0 Å². The van der Waals surface area contributed by atoms with Crippen LogP contribution in [0.1, 0.15) is 20.5 Å². The number of carbonyl (C=O) groups excluding carboxylic acids is 1. The number of nitrogens with one attached hydrogen (secondary N) is 1. The first-order valence-electron chi connectivity index (χ1n) is 7.94. The maximum Gasteiger partial charge on any atom is 0.251 e. The number of rotatable bonds is 6. The molecule has 27 heavy (non-hydrogen) atoms. The summed E-state index contributed by atoms with van der Waals surface area (Å²) < 4.78 is 52.5. The molecule has 3 aromatic rings. The van der Waals surface area contributed by atoms with Crippen molar-refractivity contribution in [2.24, 2.45) is 0 Å². The molecule has 1 atom stereocenters. The largest absolute Gasteiger partial charge is 0.350 e. The highest BCUT2D eigenvalue weighted by molar-refractivity contribution is 7.91. The fourth-order valence-corrected chi connectivity index (χ4v) is 5.33.